The molecule has 7 nitrogen and oxygen atoms in total. The molecule has 1 aliphatic carbocycles. The van der Waals surface area contributed by atoms with Crippen LogP contribution in [0.1, 0.15) is 19.3 Å². The molecule has 1 N–H and O–H groups in total. The van der Waals surface area contributed by atoms with E-state index in [0.717, 1.165) is 5.69 Å². The van der Waals surface area contributed by atoms with Crippen LogP contribution in [0.4, 0.5) is 17.1 Å². The first kappa shape index (κ1) is 19.7. The van der Waals surface area contributed by atoms with Gasteiger partial charge in [0.05, 0.1) is 23.2 Å². The smallest absolute Gasteiger partial charge is 0.233 e. The second-order valence-electron chi connectivity index (χ2n) is 7.36. The van der Waals surface area contributed by atoms with Crippen molar-refractivity contribution in [1.82, 2.24) is 4.90 Å². The number of benzene rings is 2. The Morgan fingerprint density at radius 2 is 1.43 bits per heavy atom. The van der Waals surface area contributed by atoms with Gasteiger partial charge >= 0.3 is 0 Å². The van der Waals surface area contributed by atoms with Gasteiger partial charge in [0.1, 0.15) is 0 Å². The van der Waals surface area contributed by atoms with E-state index in [9.17, 15) is 14.4 Å². The molecule has 152 valence electrons. The van der Waals surface area contributed by atoms with Crippen LogP contribution < -0.4 is 5.32 Å². The standard InChI is InChI=1S/C23H22N4O3/c28-21(14-15-27-22(29)19-8-4-5-9-20(19)23(27)30)24-16-10-12-18(13-11-16)26-25-17-6-2-1-3-7-17/h1-7,10-13,19-20H,8-9,14-15H2,(H,24,28)/t19-,20-/m1/s1. The minimum Gasteiger partial charge on any atom is -0.326 e. The van der Waals surface area contributed by atoms with Gasteiger partial charge < -0.3 is 5.32 Å². The number of rotatable bonds is 6. The predicted molar refractivity (Wildman–Crippen MR) is 112 cm³/mol. The van der Waals surface area contributed by atoms with Crippen molar-refractivity contribution in [3.8, 4) is 0 Å². The molecule has 0 bridgehead atoms. The highest BCUT2D eigenvalue weighted by atomic mass is 16.2. The highest BCUT2D eigenvalue weighted by Crippen LogP contribution is 2.35. The minimum atomic E-state index is -0.261. The monoisotopic (exact) mass is 402 g/mol. The van der Waals surface area contributed by atoms with Gasteiger partial charge in [-0.1, -0.05) is 30.4 Å². The number of hydrogen-bond donors (Lipinski definition) is 1. The molecule has 0 saturated carbocycles. The number of likely N-dealkylation sites (tertiary alicyclic amines) is 1. The zero-order valence-electron chi connectivity index (χ0n) is 16.4. The molecule has 7 heteroatoms. The molecule has 1 saturated heterocycles. The first-order chi connectivity index (χ1) is 14.6. The highest BCUT2D eigenvalue weighted by molar-refractivity contribution is 6.05. The summed E-state index contributed by atoms with van der Waals surface area (Å²) < 4.78 is 0. The molecule has 4 rings (SSSR count). The second kappa shape index (κ2) is 8.82. The van der Waals surface area contributed by atoms with Crippen molar-refractivity contribution < 1.29 is 14.4 Å². The number of anilines is 1. The van der Waals surface area contributed by atoms with Crippen LogP contribution in [0, 0.1) is 11.8 Å². The fourth-order valence-electron chi connectivity index (χ4n) is 3.75. The first-order valence-electron chi connectivity index (χ1n) is 9.99. The summed E-state index contributed by atoms with van der Waals surface area (Å²) in [5.41, 5.74) is 2.05. The molecule has 2 atom stereocenters. The number of carbonyl (C=O) groups is 3. The van der Waals surface area contributed by atoms with E-state index in [-0.39, 0.29) is 42.5 Å². The number of carbonyl (C=O) groups excluding carboxylic acids is 3. The van der Waals surface area contributed by atoms with Crippen molar-refractivity contribution in [2.75, 3.05) is 11.9 Å². The zero-order valence-corrected chi connectivity index (χ0v) is 16.4. The van der Waals surface area contributed by atoms with Crippen LogP contribution in [0.2, 0.25) is 0 Å². The fraction of sp³-hybridized carbons (Fsp3) is 0.261. The lowest BCUT2D eigenvalue weighted by molar-refractivity contribution is -0.140. The van der Waals surface area contributed by atoms with Gasteiger partial charge in [-0.3, -0.25) is 19.3 Å². The van der Waals surface area contributed by atoms with Crippen LogP contribution >= 0.6 is 0 Å². The van der Waals surface area contributed by atoms with E-state index in [1.807, 2.05) is 42.5 Å². The molecule has 3 amide bonds. The molecule has 0 unspecified atom stereocenters. The Hall–Kier alpha value is -3.61. The van der Waals surface area contributed by atoms with Crippen LogP contribution in [0.5, 0.6) is 0 Å². The number of fused-ring (bicyclic) bond motifs is 1. The fourth-order valence-corrected chi connectivity index (χ4v) is 3.75. The molecule has 0 radical (unpaired) electrons. The average Bonchev–Trinajstić information content (AvgIpc) is 3.02. The van der Waals surface area contributed by atoms with E-state index >= 15 is 0 Å². The van der Waals surface area contributed by atoms with E-state index in [4.69, 9.17) is 0 Å². The average molecular weight is 402 g/mol. The topological polar surface area (TPSA) is 91.2 Å². The third-order valence-corrected chi connectivity index (χ3v) is 5.35. The Labute approximate surface area is 174 Å². The molecule has 1 heterocycles. The van der Waals surface area contributed by atoms with E-state index in [0.29, 0.717) is 24.2 Å². The van der Waals surface area contributed by atoms with Gasteiger partial charge in [0.2, 0.25) is 17.7 Å². The molecule has 0 spiro atoms. The molecular weight excluding hydrogens is 380 g/mol. The first-order valence-corrected chi connectivity index (χ1v) is 9.99. The number of hydrogen-bond acceptors (Lipinski definition) is 5. The largest absolute Gasteiger partial charge is 0.326 e. The SMILES string of the molecule is O=C(CCN1C(=O)[C@@H]2CC=CC[C@H]2C1=O)Nc1ccc(N=Nc2ccccc2)cc1. The van der Waals surface area contributed by atoms with E-state index < -0.39 is 0 Å². The van der Waals surface area contributed by atoms with Crippen molar-refractivity contribution in [3.05, 3.63) is 66.7 Å². The van der Waals surface area contributed by atoms with Gasteiger partial charge in [-0.2, -0.15) is 10.2 Å². The number of nitrogens with one attached hydrogen (secondary N) is 1. The lowest BCUT2D eigenvalue weighted by atomic mass is 9.85. The lowest BCUT2D eigenvalue weighted by Crippen LogP contribution is -2.34. The molecule has 2 aliphatic rings. The Kier molecular flexibility index (Phi) is 5.79. The summed E-state index contributed by atoms with van der Waals surface area (Å²) in [7, 11) is 0. The number of allylic oxidation sites excluding steroid dienone is 2. The highest BCUT2D eigenvalue weighted by Gasteiger charge is 2.46. The van der Waals surface area contributed by atoms with E-state index in [2.05, 4.69) is 15.5 Å². The van der Waals surface area contributed by atoms with Gasteiger partial charge in [-0.25, -0.2) is 0 Å². The molecule has 2 aromatic rings. The summed E-state index contributed by atoms with van der Waals surface area (Å²) in [5, 5.41) is 11.1. The van der Waals surface area contributed by atoms with Gasteiger partial charge in [0, 0.05) is 18.7 Å². The van der Waals surface area contributed by atoms with Crippen LogP contribution in [-0.4, -0.2) is 29.2 Å². The number of amides is 3. The third kappa shape index (κ3) is 4.35. The maximum Gasteiger partial charge on any atom is 0.233 e. The van der Waals surface area contributed by atoms with Crippen molar-refractivity contribution in [1.29, 1.82) is 0 Å². The molecule has 1 fully saturated rings. The van der Waals surface area contributed by atoms with Crippen LogP contribution in [0.15, 0.2) is 77.0 Å². The van der Waals surface area contributed by atoms with Crippen molar-refractivity contribution in [2.45, 2.75) is 19.3 Å². The maximum atomic E-state index is 12.4. The normalized spacial score (nSPS) is 20.6. The second-order valence-corrected chi connectivity index (χ2v) is 7.36. The Balaban J connectivity index is 1.29. The Morgan fingerprint density at radius 3 is 2.03 bits per heavy atom. The Morgan fingerprint density at radius 1 is 0.867 bits per heavy atom. The summed E-state index contributed by atoms with van der Waals surface area (Å²) in [6.45, 7) is 0.111. The van der Waals surface area contributed by atoms with Crippen molar-refractivity contribution in [2.24, 2.45) is 22.1 Å². The Bertz CT molecular complexity index is 973. The minimum absolute atomic E-state index is 0.0693. The molecule has 30 heavy (non-hydrogen) atoms. The number of imide groups is 1. The third-order valence-electron chi connectivity index (χ3n) is 5.35. The van der Waals surface area contributed by atoms with Gasteiger partial charge in [0.25, 0.3) is 0 Å². The molecule has 0 aromatic heterocycles. The van der Waals surface area contributed by atoms with Crippen LogP contribution in [-0.2, 0) is 14.4 Å². The summed E-state index contributed by atoms with van der Waals surface area (Å²) in [6, 6.07) is 16.4. The zero-order chi connectivity index (χ0) is 20.9. The van der Waals surface area contributed by atoms with E-state index in [1.54, 1.807) is 24.3 Å². The number of nitrogens with zero attached hydrogens (tertiary/aromatic N) is 3. The molecule has 2 aromatic carbocycles. The summed E-state index contributed by atoms with van der Waals surface area (Å²) >= 11 is 0. The summed E-state index contributed by atoms with van der Waals surface area (Å²) in [5.74, 6) is -1.08. The van der Waals surface area contributed by atoms with Crippen molar-refractivity contribution in [3.63, 3.8) is 0 Å². The van der Waals surface area contributed by atoms with Gasteiger partial charge in [-0.15, -0.1) is 0 Å². The molecular formula is C23H22N4O3. The molecule has 1 aliphatic heterocycles. The van der Waals surface area contributed by atoms with Gasteiger partial charge in [-0.05, 0) is 49.2 Å². The van der Waals surface area contributed by atoms with Crippen LogP contribution in [0.25, 0.3) is 0 Å². The lowest BCUT2D eigenvalue weighted by Gasteiger charge is -2.14. The van der Waals surface area contributed by atoms with Crippen molar-refractivity contribution >= 4 is 34.8 Å². The van der Waals surface area contributed by atoms with E-state index in [1.165, 1.54) is 4.90 Å². The number of azo groups is 1. The predicted octanol–water partition coefficient (Wildman–Crippen LogP) is 4.38. The van der Waals surface area contributed by atoms with Crippen LogP contribution in [0.3, 0.4) is 0 Å². The maximum absolute atomic E-state index is 12.4. The summed E-state index contributed by atoms with van der Waals surface area (Å²) in [6.07, 6.45) is 5.18. The van der Waals surface area contributed by atoms with Gasteiger partial charge in [0.15, 0.2) is 0 Å². The summed E-state index contributed by atoms with van der Waals surface area (Å²) in [4.78, 5) is 38.4. The quantitative estimate of drug-likeness (QED) is 0.441.